The van der Waals surface area contributed by atoms with Crippen LogP contribution in [0.4, 0.5) is 5.69 Å². The van der Waals surface area contributed by atoms with E-state index >= 15 is 0 Å². The average molecular weight is 459 g/mol. The highest BCUT2D eigenvalue weighted by molar-refractivity contribution is 7.89. The molecule has 2 fully saturated rings. The number of ether oxygens (including phenoxy) is 1. The quantitative estimate of drug-likeness (QED) is 0.664. The molecule has 1 aromatic heterocycles. The van der Waals surface area contributed by atoms with Crippen LogP contribution < -0.4 is 9.64 Å². The minimum Gasteiger partial charge on any atom is -0.491 e. The van der Waals surface area contributed by atoms with Gasteiger partial charge in [0.05, 0.1) is 23.7 Å². The van der Waals surface area contributed by atoms with Crippen LogP contribution >= 0.6 is 0 Å². The van der Waals surface area contributed by atoms with Crippen LogP contribution in [0.5, 0.6) is 5.75 Å². The van der Waals surface area contributed by atoms with Crippen LogP contribution in [0.3, 0.4) is 0 Å². The maximum absolute atomic E-state index is 12.4. The summed E-state index contributed by atoms with van der Waals surface area (Å²) in [7, 11) is -3.16. The third-order valence-electron chi connectivity index (χ3n) is 6.71. The van der Waals surface area contributed by atoms with E-state index in [2.05, 4.69) is 18.2 Å². The van der Waals surface area contributed by atoms with E-state index in [1.54, 1.807) is 6.92 Å². The van der Waals surface area contributed by atoms with Gasteiger partial charge in [0, 0.05) is 48.9 Å². The normalized spacial score (nSPS) is 22.7. The summed E-state index contributed by atoms with van der Waals surface area (Å²) in [4.78, 5) is 14.2. The zero-order valence-electron chi connectivity index (χ0n) is 18.7. The summed E-state index contributed by atoms with van der Waals surface area (Å²) in [5.74, 6) is 0.972. The molecular formula is C23H30N4O4S. The second-order valence-corrected chi connectivity index (χ2v) is 11.2. The fraction of sp³-hybridized carbons (Fsp3) is 0.565. The lowest BCUT2D eigenvalue weighted by Gasteiger charge is -2.36. The predicted molar refractivity (Wildman–Crippen MR) is 122 cm³/mol. The Kier molecular flexibility index (Phi) is 5.49. The Hall–Kier alpha value is -2.39. The van der Waals surface area contributed by atoms with Crippen molar-refractivity contribution in [3.05, 3.63) is 30.1 Å². The van der Waals surface area contributed by atoms with Crippen molar-refractivity contribution < 1.29 is 17.9 Å². The molecule has 0 spiro atoms. The monoisotopic (exact) mass is 458 g/mol. The molecule has 0 bridgehead atoms. The molecule has 1 aromatic carbocycles. The van der Waals surface area contributed by atoms with Crippen molar-refractivity contribution in [2.75, 3.05) is 30.3 Å². The second-order valence-electron chi connectivity index (χ2n) is 9.07. The molecule has 0 radical (unpaired) electrons. The maximum Gasteiger partial charge on any atom is 0.224 e. The van der Waals surface area contributed by atoms with Crippen LogP contribution in [0.1, 0.15) is 51.1 Å². The number of nitrogens with zero attached hydrogens (tertiary/aromatic N) is 4. The highest BCUT2D eigenvalue weighted by Gasteiger charge is 2.32. The Balaban J connectivity index is 1.49. The van der Waals surface area contributed by atoms with E-state index in [0.29, 0.717) is 25.6 Å². The number of rotatable bonds is 6. The van der Waals surface area contributed by atoms with E-state index < -0.39 is 10.0 Å². The number of aromatic nitrogens is 2. The lowest BCUT2D eigenvalue weighted by Crippen LogP contribution is -2.41. The van der Waals surface area contributed by atoms with Crippen LogP contribution in [0.2, 0.25) is 0 Å². The molecule has 0 unspecified atom stereocenters. The molecule has 1 saturated carbocycles. The van der Waals surface area contributed by atoms with Crippen molar-refractivity contribution in [1.82, 2.24) is 14.1 Å². The van der Waals surface area contributed by atoms with Gasteiger partial charge in [-0.3, -0.25) is 9.48 Å². The summed E-state index contributed by atoms with van der Waals surface area (Å²) < 4.78 is 34.2. The maximum atomic E-state index is 12.4. The summed E-state index contributed by atoms with van der Waals surface area (Å²) in [5, 5.41) is 4.53. The van der Waals surface area contributed by atoms with Gasteiger partial charge in [0.2, 0.25) is 15.9 Å². The van der Waals surface area contributed by atoms with Crippen molar-refractivity contribution >= 4 is 21.6 Å². The Morgan fingerprint density at radius 1 is 1.25 bits per heavy atom. The highest BCUT2D eigenvalue weighted by Crippen LogP contribution is 2.44. The van der Waals surface area contributed by atoms with E-state index in [9.17, 15) is 13.2 Å². The third-order valence-corrected chi connectivity index (χ3v) is 8.67. The first kappa shape index (κ1) is 21.5. The number of carbonyl (C=O) groups is 1. The molecule has 3 aliphatic rings. The molecule has 32 heavy (non-hydrogen) atoms. The van der Waals surface area contributed by atoms with E-state index in [1.165, 1.54) is 4.31 Å². The largest absolute Gasteiger partial charge is 0.491 e. The van der Waals surface area contributed by atoms with Gasteiger partial charge in [0.25, 0.3) is 0 Å². The smallest absolute Gasteiger partial charge is 0.224 e. The van der Waals surface area contributed by atoms with Crippen molar-refractivity contribution in [3.8, 4) is 16.9 Å². The number of fused-ring (bicyclic) bond motifs is 1. The second kappa shape index (κ2) is 8.19. The average Bonchev–Trinajstić information content (AvgIpc) is 3.38. The van der Waals surface area contributed by atoms with Gasteiger partial charge in [0.15, 0.2) is 0 Å². The molecule has 3 heterocycles. The minimum absolute atomic E-state index is 0.0156. The van der Waals surface area contributed by atoms with Crippen molar-refractivity contribution in [1.29, 1.82) is 0 Å². The highest BCUT2D eigenvalue weighted by atomic mass is 32.2. The van der Waals surface area contributed by atoms with Crippen LogP contribution in [0.15, 0.2) is 24.5 Å². The standard InChI is InChI=1S/C23H30N4O4S/c1-16-4-7-21-22(27(16)17(2)28)9-8-20(18-14-24-26(15-18)19-5-6-19)23(21)31-12-11-25-10-3-13-32(25,29)30/h8-9,14-16,19H,3-7,10-13H2,1-2H3/t16-/m0/s1. The summed E-state index contributed by atoms with van der Waals surface area (Å²) in [5.41, 5.74) is 3.83. The Morgan fingerprint density at radius 2 is 2.06 bits per heavy atom. The van der Waals surface area contributed by atoms with E-state index in [1.807, 2.05) is 27.9 Å². The first-order chi connectivity index (χ1) is 15.3. The number of hydrogen-bond acceptors (Lipinski definition) is 5. The third kappa shape index (κ3) is 3.92. The zero-order valence-corrected chi connectivity index (χ0v) is 19.5. The van der Waals surface area contributed by atoms with E-state index in [-0.39, 0.29) is 24.3 Å². The molecule has 172 valence electrons. The van der Waals surface area contributed by atoms with E-state index in [4.69, 9.17) is 4.74 Å². The van der Waals surface area contributed by atoms with Crippen LogP contribution in [0, 0.1) is 0 Å². The molecule has 2 aliphatic heterocycles. The molecule has 1 amide bonds. The Morgan fingerprint density at radius 3 is 2.75 bits per heavy atom. The van der Waals surface area contributed by atoms with Crippen molar-refractivity contribution in [3.63, 3.8) is 0 Å². The van der Waals surface area contributed by atoms with Gasteiger partial charge >= 0.3 is 0 Å². The molecule has 1 saturated heterocycles. The van der Waals surface area contributed by atoms with Gasteiger partial charge in [0.1, 0.15) is 12.4 Å². The number of hydrogen-bond donors (Lipinski definition) is 0. The number of amides is 1. The van der Waals surface area contributed by atoms with Crippen LogP contribution in [-0.4, -0.2) is 59.9 Å². The Bertz CT molecular complexity index is 1140. The van der Waals surface area contributed by atoms with Gasteiger partial charge in [-0.25, -0.2) is 8.42 Å². The summed E-state index contributed by atoms with van der Waals surface area (Å²) in [6.45, 7) is 4.82. The fourth-order valence-electron chi connectivity index (χ4n) is 4.88. The van der Waals surface area contributed by atoms with Crippen LogP contribution in [0.25, 0.3) is 11.1 Å². The molecule has 2 aromatic rings. The SMILES string of the molecule is CC(=O)N1c2ccc(-c3cnn(C4CC4)c3)c(OCCN3CCCS3(=O)=O)c2CC[C@@H]1C. The lowest BCUT2D eigenvalue weighted by molar-refractivity contribution is -0.117. The fourth-order valence-corrected chi connectivity index (χ4v) is 6.40. The topological polar surface area (TPSA) is 84.7 Å². The van der Waals surface area contributed by atoms with Gasteiger partial charge in [-0.2, -0.15) is 9.40 Å². The molecular weight excluding hydrogens is 428 g/mol. The first-order valence-electron chi connectivity index (χ1n) is 11.5. The van der Waals surface area contributed by atoms with Gasteiger partial charge < -0.3 is 9.64 Å². The Labute approximate surface area is 189 Å². The minimum atomic E-state index is -3.16. The van der Waals surface area contributed by atoms with Gasteiger partial charge in [-0.15, -0.1) is 0 Å². The molecule has 9 heteroatoms. The summed E-state index contributed by atoms with van der Waals surface area (Å²) in [6, 6.07) is 4.63. The molecule has 8 nitrogen and oxygen atoms in total. The molecule has 5 rings (SSSR count). The molecule has 1 atom stereocenters. The zero-order chi connectivity index (χ0) is 22.5. The number of anilines is 1. The number of sulfonamides is 1. The lowest BCUT2D eigenvalue weighted by atomic mass is 9.92. The summed E-state index contributed by atoms with van der Waals surface area (Å²) in [6.07, 6.45) is 8.57. The first-order valence-corrected chi connectivity index (χ1v) is 13.1. The number of benzene rings is 1. The molecule has 1 aliphatic carbocycles. The van der Waals surface area contributed by atoms with Gasteiger partial charge in [-0.1, -0.05) is 0 Å². The van der Waals surface area contributed by atoms with Crippen LogP contribution in [-0.2, 0) is 21.2 Å². The van der Waals surface area contributed by atoms with Crippen molar-refractivity contribution in [2.45, 2.75) is 58.0 Å². The predicted octanol–water partition coefficient (Wildman–Crippen LogP) is 2.99. The van der Waals surface area contributed by atoms with Gasteiger partial charge in [-0.05, 0) is 51.2 Å². The van der Waals surface area contributed by atoms with E-state index in [0.717, 1.165) is 53.8 Å². The van der Waals surface area contributed by atoms with Crippen molar-refractivity contribution in [2.24, 2.45) is 0 Å². The molecule has 0 N–H and O–H groups in total. The number of carbonyl (C=O) groups excluding carboxylic acids is 1. The summed E-state index contributed by atoms with van der Waals surface area (Å²) >= 11 is 0.